The van der Waals surface area contributed by atoms with E-state index < -0.39 is 0 Å². The summed E-state index contributed by atoms with van der Waals surface area (Å²) in [6.45, 7) is 1.64. The number of nitrogens with one attached hydrogen (secondary N) is 1. The van der Waals surface area contributed by atoms with E-state index in [4.69, 9.17) is 10.5 Å². The monoisotopic (exact) mass is 301 g/mol. The van der Waals surface area contributed by atoms with Gasteiger partial charge in [0.2, 0.25) is 0 Å². The molecule has 1 aromatic carbocycles. The lowest BCUT2D eigenvalue weighted by Gasteiger charge is -2.22. The molecule has 1 saturated heterocycles. The molecular formula is C18H27N3O. The van der Waals surface area contributed by atoms with Crippen LogP contribution in [0, 0.1) is 0 Å². The van der Waals surface area contributed by atoms with Crippen molar-refractivity contribution in [1.29, 1.82) is 0 Å². The smallest absolute Gasteiger partial charge is 0.193 e. The molecule has 1 heterocycles. The third-order valence-electron chi connectivity index (χ3n) is 4.67. The first kappa shape index (κ1) is 15.3. The molecule has 0 spiro atoms. The number of aryl methyl sites for hydroxylation is 1. The summed E-state index contributed by atoms with van der Waals surface area (Å²) in [5.41, 5.74) is 10.1. The second-order valence-corrected chi connectivity index (χ2v) is 6.32. The highest BCUT2D eigenvalue weighted by Crippen LogP contribution is 2.27. The topological polar surface area (TPSA) is 59.6 Å². The second kappa shape index (κ2) is 7.63. The van der Waals surface area contributed by atoms with Gasteiger partial charge in [-0.05, 0) is 68.6 Å². The number of nitrogens with two attached hydrogens (primary N) is 1. The van der Waals surface area contributed by atoms with Gasteiger partial charge in [0, 0.05) is 18.8 Å². The van der Waals surface area contributed by atoms with E-state index in [9.17, 15) is 0 Å². The lowest BCUT2D eigenvalue weighted by atomic mass is 9.90. The molecule has 3 N–H and O–H groups in total. The van der Waals surface area contributed by atoms with E-state index in [0.29, 0.717) is 12.1 Å². The standard InChI is InChI=1S/C18H27N3O/c19-18(20-12-11-15-8-3-4-13-22-15)21-17-10-5-7-14-6-1-2-9-16(14)17/h5,7,10,15H,1-4,6,8-9,11-13H2,(H3,19,20,21). The van der Waals surface area contributed by atoms with Crippen LogP contribution in [-0.2, 0) is 17.6 Å². The van der Waals surface area contributed by atoms with Crippen molar-refractivity contribution in [1.82, 2.24) is 0 Å². The average molecular weight is 301 g/mol. The number of ether oxygens (including phenoxy) is 1. The summed E-state index contributed by atoms with van der Waals surface area (Å²) in [5.74, 6) is 0.523. The third kappa shape index (κ3) is 4.01. The Balaban J connectivity index is 1.54. The Morgan fingerprint density at radius 2 is 2.14 bits per heavy atom. The third-order valence-corrected chi connectivity index (χ3v) is 4.67. The van der Waals surface area contributed by atoms with Crippen molar-refractivity contribution in [3.8, 4) is 0 Å². The van der Waals surface area contributed by atoms with Crippen molar-refractivity contribution in [2.75, 3.05) is 18.5 Å². The fraction of sp³-hybridized carbons (Fsp3) is 0.611. The van der Waals surface area contributed by atoms with Crippen LogP contribution in [0.5, 0.6) is 0 Å². The summed E-state index contributed by atoms with van der Waals surface area (Å²) in [6.07, 6.45) is 9.85. The number of hydrogen-bond donors (Lipinski definition) is 2. The molecule has 120 valence electrons. The number of benzene rings is 1. The Morgan fingerprint density at radius 1 is 1.23 bits per heavy atom. The van der Waals surface area contributed by atoms with E-state index in [2.05, 4.69) is 28.5 Å². The van der Waals surface area contributed by atoms with Crippen LogP contribution < -0.4 is 11.1 Å². The van der Waals surface area contributed by atoms with Crippen LogP contribution >= 0.6 is 0 Å². The summed E-state index contributed by atoms with van der Waals surface area (Å²) < 4.78 is 5.72. The molecule has 22 heavy (non-hydrogen) atoms. The van der Waals surface area contributed by atoms with Crippen molar-refractivity contribution >= 4 is 11.6 Å². The van der Waals surface area contributed by atoms with Gasteiger partial charge in [0.05, 0.1) is 6.10 Å². The SMILES string of the molecule is NC(=NCCC1CCCCO1)Nc1cccc2c1CCCC2. The van der Waals surface area contributed by atoms with E-state index in [1.165, 1.54) is 43.2 Å². The van der Waals surface area contributed by atoms with Gasteiger partial charge in [-0.3, -0.25) is 4.99 Å². The van der Waals surface area contributed by atoms with E-state index in [1.807, 2.05) is 0 Å². The molecule has 0 saturated carbocycles. The Hall–Kier alpha value is -1.55. The molecule has 1 aromatic rings. The highest BCUT2D eigenvalue weighted by Gasteiger charge is 2.14. The van der Waals surface area contributed by atoms with Crippen molar-refractivity contribution in [3.63, 3.8) is 0 Å². The normalized spacial score (nSPS) is 22.2. The van der Waals surface area contributed by atoms with E-state index in [-0.39, 0.29) is 0 Å². The minimum absolute atomic E-state index is 0.370. The van der Waals surface area contributed by atoms with E-state index in [1.54, 1.807) is 0 Å². The van der Waals surface area contributed by atoms with Gasteiger partial charge in [0.1, 0.15) is 0 Å². The molecule has 0 bridgehead atoms. The van der Waals surface area contributed by atoms with Crippen LogP contribution in [0.3, 0.4) is 0 Å². The quantitative estimate of drug-likeness (QED) is 0.663. The Kier molecular flexibility index (Phi) is 5.33. The van der Waals surface area contributed by atoms with Crippen molar-refractivity contribution in [2.45, 2.75) is 57.5 Å². The number of aliphatic imine (C=N–C) groups is 1. The van der Waals surface area contributed by atoms with Gasteiger partial charge in [0.15, 0.2) is 5.96 Å². The van der Waals surface area contributed by atoms with Gasteiger partial charge in [0.25, 0.3) is 0 Å². The van der Waals surface area contributed by atoms with Gasteiger partial charge in [-0.1, -0.05) is 12.1 Å². The molecule has 2 aliphatic rings. The van der Waals surface area contributed by atoms with Crippen molar-refractivity contribution in [3.05, 3.63) is 29.3 Å². The van der Waals surface area contributed by atoms with Crippen molar-refractivity contribution < 1.29 is 4.74 Å². The first-order valence-electron chi connectivity index (χ1n) is 8.62. The van der Waals surface area contributed by atoms with Crippen LogP contribution in [0.1, 0.15) is 49.7 Å². The van der Waals surface area contributed by atoms with Crippen LogP contribution in [-0.4, -0.2) is 25.2 Å². The van der Waals surface area contributed by atoms with Crippen LogP contribution in [0.15, 0.2) is 23.2 Å². The zero-order valence-electron chi connectivity index (χ0n) is 13.3. The highest BCUT2D eigenvalue weighted by molar-refractivity contribution is 5.93. The maximum atomic E-state index is 6.05. The molecule has 3 rings (SSSR count). The molecule has 4 heteroatoms. The summed E-state index contributed by atoms with van der Waals surface area (Å²) in [4.78, 5) is 4.47. The predicted molar refractivity (Wildman–Crippen MR) is 91.4 cm³/mol. The fourth-order valence-electron chi connectivity index (χ4n) is 3.44. The highest BCUT2D eigenvalue weighted by atomic mass is 16.5. The number of rotatable bonds is 4. The molecule has 1 aliphatic heterocycles. The fourth-order valence-corrected chi connectivity index (χ4v) is 3.44. The summed E-state index contributed by atoms with van der Waals surface area (Å²) in [7, 11) is 0. The minimum Gasteiger partial charge on any atom is -0.378 e. The molecule has 1 aliphatic carbocycles. The van der Waals surface area contributed by atoms with Crippen LogP contribution in [0.4, 0.5) is 5.69 Å². The number of guanidine groups is 1. The predicted octanol–water partition coefficient (Wildman–Crippen LogP) is 3.25. The zero-order valence-corrected chi connectivity index (χ0v) is 13.3. The number of anilines is 1. The Morgan fingerprint density at radius 3 is 3.00 bits per heavy atom. The maximum Gasteiger partial charge on any atom is 0.193 e. The van der Waals surface area contributed by atoms with Crippen molar-refractivity contribution in [2.24, 2.45) is 10.7 Å². The Labute approximate surface area is 133 Å². The van der Waals surface area contributed by atoms with Gasteiger partial charge in [-0.25, -0.2) is 0 Å². The second-order valence-electron chi connectivity index (χ2n) is 6.32. The maximum absolute atomic E-state index is 6.05. The Bertz CT molecular complexity index is 521. The minimum atomic E-state index is 0.370. The van der Waals surface area contributed by atoms with Crippen LogP contribution in [0.2, 0.25) is 0 Å². The zero-order chi connectivity index (χ0) is 15.2. The average Bonchev–Trinajstić information content (AvgIpc) is 2.56. The van der Waals surface area contributed by atoms with E-state index >= 15 is 0 Å². The summed E-state index contributed by atoms with van der Waals surface area (Å²) >= 11 is 0. The molecule has 0 amide bonds. The van der Waals surface area contributed by atoms with Gasteiger partial charge in [-0.15, -0.1) is 0 Å². The largest absolute Gasteiger partial charge is 0.378 e. The number of nitrogens with zero attached hydrogens (tertiary/aromatic N) is 1. The lowest BCUT2D eigenvalue weighted by Crippen LogP contribution is -2.25. The number of fused-ring (bicyclic) bond motifs is 1. The number of hydrogen-bond acceptors (Lipinski definition) is 2. The molecule has 4 nitrogen and oxygen atoms in total. The molecule has 1 atom stereocenters. The molecule has 1 fully saturated rings. The molecule has 1 unspecified atom stereocenters. The van der Waals surface area contributed by atoms with Crippen LogP contribution in [0.25, 0.3) is 0 Å². The molecule has 0 aromatic heterocycles. The van der Waals surface area contributed by atoms with Gasteiger partial charge >= 0.3 is 0 Å². The molecular weight excluding hydrogens is 274 g/mol. The van der Waals surface area contributed by atoms with E-state index in [0.717, 1.165) is 38.1 Å². The summed E-state index contributed by atoms with van der Waals surface area (Å²) in [5, 5.41) is 3.29. The van der Waals surface area contributed by atoms with Gasteiger partial charge < -0.3 is 15.8 Å². The first-order chi connectivity index (χ1) is 10.8. The first-order valence-corrected chi connectivity index (χ1v) is 8.62. The lowest BCUT2D eigenvalue weighted by molar-refractivity contribution is 0.0129. The van der Waals surface area contributed by atoms with Gasteiger partial charge in [-0.2, -0.15) is 0 Å². The molecule has 0 radical (unpaired) electrons. The summed E-state index contributed by atoms with van der Waals surface area (Å²) in [6, 6.07) is 6.44.